The lowest BCUT2D eigenvalue weighted by Crippen LogP contribution is -2.31. The number of methoxy groups -OCH3 is 2. The molecule has 1 aliphatic heterocycles. The predicted molar refractivity (Wildman–Crippen MR) is 82.4 cm³/mol. The predicted octanol–water partition coefficient (Wildman–Crippen LogP) is 1.67. The smallest absolute Gasteiger partial charge is 0.358 e. The van der Waals surface area contributed by atoms with Crippen molar-refractivity contribution in [3.8, 4) is 5.88 Å². The van der Waals surface area contributed by atoms with Crippen molar-refractivity contribution in [3.63, 3.8) is 0 Å². The van der Waals surface area contributed by atoms with Gasteiger partial charge in [-0.2, -0.15) is 0 Å². The first-order valence-electron chi connectivity index (χ1n) is 7.58. The second-order valence-corrected chi connectivity index (χ2v) is 5.57. The Kier molecular flexibility index (Phi) is 4.29. The number of hydrogen-bond donors (Lipinski definition) is 1. The third-order valence-electron chi connectivity index (χ3n) is 4.15. The van der Waals surface area contributed by atoms with Crippen LogP contribution in [-0.4, -0.2) is 42.7 Å². The largest absolute Gasteiger partial charge is 0.482 e. The maximum Gasteiger partial charge on any atom is 0.358 e. The second kappa shape index (κ2) is 6.36. The van der Waals surface area contributed by atoms with E-state index in [0.717, 1.165) is 30.9 Å². The second-order valence-electron chi connectivity index (χ2n) is 5.57. The number of esters is 1. The average molecular weight is 303 g/mol. The number of fused-ring (bicyclic) bond motifs is 1. The molecule has 118 valence electrons. The lowest BCUT2D eigenvalue weighted by Gasteiger charge is -2.22. The van der Waals surface area contributed by atoms with Gasteiger partial charge in [0.2, 0.25) is 0 Å². The zero-order valence-electron chi connectivity index (χ0n) is 13.0. The fourth-order valence-corrected chi connectivity index (χ4v) is 3.08. The number of nitrogens with one attached hydrogen (secondary N) is 1. The number of pyridine rings is 1. The van der Waals surface area contributed by atoms with E-state index >= 15 is 0 Å². The Labute approximate surface area is 129 Å². The first-order chi connectivity index (χ1) is 10.7. The quantitative estimate of drug-likeness (QED) is 0.871. The maximum atomic E-state index is 12.0. The Morgan fingerprint density at radius 1 is 1.45 bits per heavy atom. The van der Waals surface area contributed by atoms with Crippen molar-refractivity contribution >= 4 is 11.5 Å². The van der Waals surface area contributed by atoms with Crippen LogP contribution in [0.25, 0.3) is 5.52 Å². The van der Waals surface area contributed by atoms with Crippen LogP contribution in [0.4, 0.5) is 0 Å². The zero-order chi connectivity index (χ0) is 15.5. The molecule has 1 fully saturated rings. The van der Waals surface area contributed by atoms with Gasteiger partial charge in [0.15, 0.2) is 11.6 Å². The Balaban J connectivity index is 2.05. The third-order valence-corrected chi connectivity index (χ3v) is 4.15. The number of ether oxygens (including phenoxy) is 2. The van der Waals surface area contributed by atoms with Crippen LogP contribution in [-0.2, 0) is 11.2 Å². The van der Waals surface area contributed by atoms with Crippen LogP contribution in [0.3, 0.4) is 0 Å². The monoisotopic (exact) mass is 303 g/mol. The van der Waals surface area contributed by atoms with Gasteiger partial charge in [0.05, 0.1) is 19.7 Å². The van der Waals surface area contributed by atoms with Crippen LogP contribution in [0.2, 0.25) is 0 Å². The molecule has 0 saturated carbocycles. The molecule has 1 saturated heterocycles. The summed E-state index contributed by atoms with van der Waals surface area (Å²) >= 11 is 0. The summed E-state index contributed by atoms with van der Waals surface area (Å²) in [5.41, 5.74) is 1.07. The van der Waals surface area contributed by atoms with E-state index in [0.29, 0.717) is 17.5 Å². The fourth-order valence-electron chi connectivity index (χ4n) is 3.08. The molecule has 1 aliphatic rings. The molecule has 1 N–H and O–H groups in total. The van der Waals surface area contributed by atoms with E-state index in [9.17, 15) is 4.79 Å². The number of aromatic nitrogens is 2. The highest BCUT2D eigenvalue weighted by Crippen LogP contribution is 2.24. The number of hydrogen-bond acceptors (Lipinski definition) is 5. The van der Waals surface area contributed by atoms with Gasteiger partial charge in [0, 0.05) is 6.42 Å². The standard InChI is InChI=1S/C16H21N3O3/c1-21-14-7-3-6-12-15(16(20)22-2)18-13(19(12)14)9-11-5-4-8-17-10-11/h3,6-7,11,17H,4-5,8-10H2,1-2H3. The average Bonchev–Trinajstić information content (AvgIpc) is 2.94. The zero-order valence-corrected chi connectivity index (χ0v) is 13.0. The van der Waals surface area contributed by atoms with Crippen molar-refractivity contribution in [2.45, 2.75) is 19.3 Å². The number of piperidine rings is 1. The highest BCUT2D eigenvalue weighted by Gasteiger charge is 2.23. The van der Waals surface area contributed by atoms with E-state index in [-0.39, 0.29) is 0 Å². The van der Waals surface area contributed by atoms with Gasteiger partial charge in [-0.15, -0.1) is 0 Å². The minimum Gasteiger partial charge on any atom is -0.482 e. The molecule has 6 heteroatoms. The molecule has 1 atom stereocenters. The first-order valence-corrected chi connectivity index (χ1v) is 7.58. The molecule has 22 heavy (non-hydrogen) atoms. The van der Waals surface area contributed by atoms with Crippen LogP contribution >= 0.6 is 0 Å². The minimum absolute atomic E-state index is 0.347. The van der Waals surface area contributed by atoms with Crippen LogP contribution in [0, 0.1) is 5.92 Å². The topological polar surface area (TPSA) is 64.9 Å². The van der Waals surface area contributed by atoms with Crippen LogP contribution in [0.1, 0.15) is 29.2 Å². The van der Waals surface area contributed by atoms with Gasteiger partial charge in [-0.25, -0.2) is 9.78 Å². The molecule has 3 rings (SSSR count). The molecule has 0 bridgehead atoms. The van der Waals surface area contributed by atoms with Crippen molar-refractivity contribution in [1.29, 1.82) is 0 Å². The van der Waals surface area contributed by atoms with E-state index in [2.05, 4.69) is 10.3 Å². The summed E-state index contributed by atoms with van der Waals surface area (Å²) in [6, 6.07) is 5.59. The van der Waals surface area contributed by atoms with E-state index in [4.69, 9.17) is 9.47 Å². The normalized spacial score (nSPS) is 18.4. The van der Waals surface area contributed by atoms with Crippen molar-refractivity contribution in [3.05, 3.63) is 29.7 Å². The molecular weight excluding hydrogens is 282 g/mol. The summed E-state index contributed by atoms with van der Waals surface area (Å²) in [5.74, 6) is 1.63. The molecule has 2 aromatic heterocycles. The summed E-state index contributed by atoms with van der Waals surface area (Å²) in [5, 5.41) is 3.41. The van der Waals surface area contributed by atoms with Crippen molar-refractivity contribution in [1.82, 2.24) is 14.7 Å². The van der Waals surface area contributed by atoms with Gasteiger partial charge in [0.25, 0.3) is 0 Å². The summed E-state index contributed by atoms with van der Waals surface area (Å²) in [4.78, 5) is 16.5. The van der Waals surface area contributed by atoms with Gasteiger partial charge in [0.1, 0.15) is 5.82 Å². The molecule has 1 unspecified atom stereocenters. The number of imidazole rings is 1. The van der Waals surface area contributed by atoms with Crippen molar-refractivity contribution in [2.24, 2.45) is 5.92 Å². The molecule has 3 heterocycles. The SMILES string of the molecule is COC(=O)c1nc(CC2CCCNC2)n2c(OC)cccc12. The number of carbonyl (C=O) groups is 1. The maximum absolute atomic E-state index is 12.0. The van der Waals surface area contributed by atoms with E-state index in [1.54, 1.807) is 7.11 Å². The van der Waals surface area contributed by atoms with Gasteiger partial charge in [-0.3, -0.25) is 4.40 Å². The minimum atomic E-state index is -0.418. The highest BCUT2D eigenvalue weighted by atomic mass is 16.5. The molecular formula is C16H21N3O3. The van der Waals surface area contributed by atoms with Crippen LogP contribution in [0.5, 0.6) is 5.88 Å². The molecule has 6 nitrogen and oxygen atoms in total. The van der Waals surface area contributed by atoms with E-state index < -0.39 is 5.97 Å². The van der Waals surface area contributed by atoms with Crippen LogP contribution < -0.4 is 10.1 Å². The molecule has 0 aromatic carbocycles. The third kappa shape index (κ3) is 2.66. The number of nitrogens with zero attached hydrogens (tertiary/aromatic N) is 2. The summed E-state index contributed by atoms with van der Waals surface area (Å²) < 4.78 is 12.2. The lowest BCUT2D eigenvalue weighted by atomic mass is 9.96. The summed E-state index contributed by atoms with van der Waals surface area (Å²) in [6.45, 7) is 2.06. The molecule has 2 aromatic rings. The molecule has 0 spiro atoms. The van der Waals surface area contributed by atoms with Crippen molar-refractivity contribution < 1.29 is 14.3 Å². The van der Waals surface area contributed by atoms with Gasteiger partial charge >= 0.3 is 5.97 Å². The van der Waals surface area contributed by atoms with E-state index in [1.807, 2.05) is 22.6 Å². The first kappa shape index (κ1) is 14.8. The Hall–Kier alpha value is -2.08. The molecule has 0 radical (unpaired) electrons. The van der Waals surface area contributed by atoms with Gasteiger partial charge in [-0.1, -0.05) is 6.07 Å². The number of rotatable bonds is 4. The highest BCUT2D eigenvalue weighted by molar-refractivity contribution is 5.95. The summed E-state index contributed by atoms with van der Waals surface area (Å²) in [7, 11) is 3.00. The number of carbonyl (C=O) groups excluding carboxylic acids is 1. The van der Waals surface area contributed by atoms with Gasteiger partial charge in [-0.05, 0) is 44.0 Å². The summed E-state index contributed by atoms with van der Waals surface area (Å²) in [6.07, 6.45) is 3.16. The molecule has 0 aliphatic carbocycles. The molecule has 0 amide bonds. The van der Waals surface area contributed by atoms with Crippen LogP contribution in [0.15, 0.2) is 18.2 Å². The Morgan fingerprint density at radius 3 is 3.00 bits per heavy atom. The van der Waals surface area contributed by atoms with Gasteiger partial charge < -0.3 is 14.8 Å². The lowest BCUT2D eigenvalue weighted by molar-refractivity contribution is 0.0596. The fraction of sp³-hybridized carbons (Fsp3) is 0.500. The Bertz CT molecular complexity index is 675. The Morgan fingerprint density at radius 2 is 2.32 bits per heavy atom. The van der Waals surface area contributed by atoms with Crippen molar-refractivity contribution in [2.75, 3.05) is 27.3 Å². The van der Waals surface area contributed by atoms with E-state index in [1.165, 1.54) is 20.0 Å².